The number of hydrogen-bond donors (Lipinski definition) is 2. The van der Waals surface area contributed by atoms with E-state index in [-0.39, 0.29) is 11.4 Å². The zero-order valence-electron chi connectivity index (χ0n) is 10.1. The molecule has 1 amide bonds. The highest BCUT2D eigenvalue weighted by Gasteiger charge is 2.41. The Morgan fingerprint density at radius 3 is 2.94 bits per heavy atom. The van der Waals surface area contributed by atoms with Gasteiger partial charge in [-0.25, -0.2) is 4.98 Å². The molecule has 6 heteroatoms. The van der Waals surface area contributed by atoms with E-state index in [1.807, 2.05) is 6.92 Å². The summed E-state index contributed by atoms with van der Waals surface area (Å²) in [4.78, 5) is 15.6. The van der Waals surface area contributed by atoms with Crippen molar-refractivity contribution >= 4 is 5.91 Å². The van der Waals surface area contributed by atoms with Gasteiger partial charge < -0.3 is 11.1 Å². The number of amides is 1. The highest BCUT2D eigenvalue weighted by atomic mass is 16.1. The van der Waals surface area contributed by atoms with Crippen LogP contribution in [0.4, 0.5) is 0 Å². The maximum atomic E-state index is 11.8. The number of carbonyl (C=O) groups is 1. The lowest BCUT2D eigenvalue weighted by Crippen LogP contribution is -2.53. The lowest BCUT2D eigenvalue weighted by atomic mass is 9.96. The zero-order chi connectivity index (χ0) is 12.3. The van der Waals surface area contributed by atoms with Crippen LogP contribution < -0.4 is 11.1 Å². The van der Waals surface area contributed by atoms with E-state index in [2.05, 4.69) is 15.4 Å². The fourth-order valence-corrected chi connectivity index (χ4v) is 1.99. The van der Waals surface area contributed by atoms with Gasteiger partial charge in [0.1, 0.15) is 12.7 Å². The number of rotatable bonds is 6. The van der Waals surface area contributed by atoms with Crippen molar-refractivity contribution in [2.75, 3.05) is 6.54 Å². The van der Waals surface area contributed by atoms with Crippen LogP contribution in [0.15, 0.2) is 12.7 Å². The van der Waals surface area contributed by atoms with Gasteiger partial charge in [0.25, 0.3) is 0 Å². The average Bonchev–Trinajstić information content (AvgIpc) is 3.05. The van der Waals surface area contributed by atoms with Crippen LogP contribution in [-0.4, -0.2) is 32.8 Å². The molecule has 1 fully saturated rings. The first-order chi connectivity index (χ1) is 8.14. The molecule has 0 aliphatic heterocycles. The Labute approximate surface area is 101 Å². The van der Waals surface area contributed by atoms with Gasteiger partial charge >= 0.3 is 0 Å². The molecule has 0 aromatic carbocycles. The van der Waals surface area contributed by atoms with Crippen molar-refractivity contribution in [1.82, 2.24) is 20.1 Å². The molecule has 1 heterocycles. The third-order valence-corrected chi connectivity index (χ3v) is 3.36. The van der Waals surface area contributed by atoms with Gasteiger partial charge in [0.05, 0.1) is 12.1 Å². The number of nitrogens with one attached hydrogen (secondary N) is 1. The third-order valence-electron chi connectivity index (χ3n) is 3.36. The van der Waals surface area contributed by atoms with Crippen molar-refractivity contribution in [2.45, 2.75) is 38.3 Å². The zero-order valence-corrected chi connectivity index (χ0v) is 10.1. The van der Waals surface area contributed by atoms with Crippen molar-refractivity contribution in [2.24, 2.45) is 11.7 Å². The van der Waals surface area contributed by atoms with Crippen LogP contribution in [0.5, 0.6) is 0 Å². The molecule has 0 spiro atoms. The molecule has 6 nitrogen and oxygen atoms in total. The molecule has 94 valence electrons. The SMILES string of the molecule is CC(CN)(NC(=O)CCn1cncn1)C1CC1. The largest absolute Gasteiger partial charge is 0.349 e. The number of hydrogen-bond acceptors (Lipinski definition) is 4. The first-order valence-electron chi connectivity index (χ1n) is 5.97. The van der Waals surface area contributed by atoms with E-state index in [9.17, 15) is 4.79 Å². The van der Waals surface area contributed by atoms with Gasteiger partial charge in [0.2, 0.25) is 5.91 Å². The van der Waals surface area contributed by atoms with E-state index in [0.717, 1.165) is 12.8 Å². The molecule has 2 rings (SSSR count). The monoisotopic (exact) mass is 237 g/mol. The maximum Gasteiger partial charge on any atom is 0.222 e. The van der Waals surface area contributed by atoms with E-state index < -0.39 is 0 Å². The molecule has 0 saturated heterocycles. The highest BCUT2D eigenvalue weighted by molar-refractivity contribution is 5.76. The van der Waals surface area contributed by atoms with Gasteiger partial charge in [0, 0.05) is 13.0 Å². The second-order valence-corrected chi connectivity index (χ2v) is 4.85. The number of nitrogens with zero attached hydrogens (tertiary/aromatic N) is 3. The third kappa shape index (κ3) is 3.03. The molecule has 3 N–H and O–H groups in total. The summed E-state index contributed by atoms with van der Waals surface area (Å²) >= 11 is 0. The summed E-state index contributed by atoms with van der Waals surface area (Å²) in [6.07, 6.45) is 5.81. The van der Waals surface area contributed by atoms with Crippen LogP contribution in [0.3, 0.4) is 0 Å². The van der Waals surface area contributed by atoms with Crippen molar-refractivity contribution in [1.29, 1.82) is 0 Å². The van der Waals surface area contributed by atoms with Gasteiger partial charge in [-0.3, -0.25) is 9.48 Å². The Hall–Kier alpha value is -1.43. The molecule has 1 aromatic rings. The summed E-state index contributed by atoms with van der Waals surface area (Å²) in [5.41, 5.74) is 5.51. The summed E-state index contributed by atoms with van der Waals surface area (Å²) in [5.74, 6) is 0.572. The standard InChI is InChI=1S/C11H19N5O/c1-11(6-12,9-2-3-9)15-10(17)4-5-16-8-13-7-14-16/h7-9H,2-6,12H2,1H3,(H,15,17). The van der Waals surface area contributed by atoms with Gasteiger partial charge in [-0.1, -0.05) is 0 Å². The maximum absolute atomic E-state index is 11.8. The predicted octanol–water partition coefficient (Wildman–Crippen LogP) is -0.0882. The van der Waals surface area contributed by atoms with Crippen LogP contribution in [0.25, 0.3) is 0 Å². The van der Waals surface area contributed by atoms with Crippen molar-refractivity contribution in [3.8, 4) is 0 Å². The quantitative estimate of drug-likeness (QED) is 0.724. The van der Waals surface area contributed by atoms with Gasteiger partial charge in [-0.15, -0.1) is 0 Å². The smallest absolute Gasteiger partial charge is 0.222 e. The lowest BCUT2D eigenvalue weighted by Gasteiger charge is -2.29. The molecule has 1 atom stereocenters. The highest BCUT2D eigenvalue weighted by Crippen LogP contribution is 2.38. The van der Waals surface area contributed by atoms with Crippen molar-refractivity contribution < 1.29 is 4.79 Å². The summed E-state index contributed by atoms with van der Waals surface area (Å²) in [6, 6.07) is 0. The Bertz CT molecular complexity index is 373. The molecular weight excluding hydrogens is 218 g/mol. The van der Waals surface area contributed by atoms with Crippen LogP contribution in [0, 0.1) is 5.92 Å². The Kier molecular flexibility index (Phi) is 3.42. The molecule has 1 saturated carbocycles. The molecule has 1 aromatic heterocycles. The fourth-order valence-electron chi connectivity index (χ4n) is 1.99. The van der Waals surface area contributed by atoms with Gasteiger partial charge in [0.15, 0.2) is 0 Å². The molecule has 17 heavy (non-hydrogen) atoms. The minimum Gasteiger partial charge on any atom is -0.349 e. The summed E-state index contributed by atoms with van der Waals surface area (Å²) < 4.78 is 1.65. The Morgan fingerprint density at radius 1 is 1.65 bits per heavy atom. The van der Waals surface area contributed by atoms with Gasteiger partial charge in [-0.05, 0) is 25.7 Å². The number of nitrogens with two attached hydrogens (primary N) is 1. The summed E-state index contributed by atoms with van der Waals surface area (Å²) in [7, 11) is 0. The molecule has 0 radical (unpaired) electrons. The topological polar surface area (TPSA) is 85.8 Å². The van der Waals surface area contributed by atoms with E-state index >= 15 is 0 Å². The van der Waals surface area contributed by atoms with E-state index in [0.29, 0.717) is 25.4 Å². The van der Waals surface area contributed by atoms with Crippen LogP contribution >= 0.6 is 0 Å². The Morgan fingerprint density at radius 2 is 2.41 bits per heavy atom. The summed E-state index contributed by atoms with van der Waals surface area (Å²) in [5, 5.41) is 7.00. The van der Waals surface area contributed by atoms with E-state index in [1.54, 1.807) is 11.0 Å². The van der Waals surface area contributed by atoms with Crippen molar-refractivity contribution in [3.63, 3.8) is 0 Å². The average molecular weight is 237 g/mol. The molecule has 1 aliphatic rings. The first-order valence-corrected chi connectivity index (χ1v) is 5.97. The minimum absolute atomic E-state index is 0.0281. The van der Waals surface area contributed by atoms with Gasteiger partial charge in [-0.2, -0.15) is 5.10 Å². The second kappa shape index (κ2) is 4.83. The predicted molar refractivity (Wildman–Crippen MR) is 63.0 cm³/mol. The van der Waals surface area contributed by atoms with Crippen LogP contribution in [-0.2, 0) is 11.3 Å². The summed E-state index contributed by atoms with van der Waals surface area (Å²) in [6.45, 7) is 3.07. The first kappa shape index (κ1) is 12.0. The Balaban J connectivity index is 1.80. The molecular formula is C11H19N5O. The molecule has 1 unspecified atom stereocenters. The number of aryl methyl sites for hydroxylation is 1. The lowest BCUT2D eigenvalue weighted by molar-refractivity contribution is -0.123. The van der Waals surface area contributed by atoms with E-state index in [4.69, 9.17) is 5.73 Å². The minimum atomic E-state index is -0.237. The van der Waals surface area contributed by atoms with Crippen LogP contribution in [0.2, 0.25) is 0 Å². The second-order valence-electron chi connectivity index (χ2n) is 4.85. The normalized spacial score (nSPS) is 18.7. The van der Waals surface area contributed by atoms with Crippen LogP contribution in [0.1, 0.15) is 26.2 Å². The molecule has 0 bridgehead atoms. The number of carbonyl (C=O) groups excluding carboxylic acids is 1. The number of aromatic nitrogens is 3. The van der Waals surface area contributed by atoms with E-state index in [1.165, 1.54) is 6.33 Å². The molecule has 1 aliphatic carbocycles. The fraction of sp³-hybridized carbons (Fsp3) is 0.727. The van der Waals surface area contributed by atoms with Crippen molar-refractivity contribution in [3.05, 3.63) is 12.7 Å².